The second-order valence-electron chi connectivity index (χ2n) is 9.15. The van der Waals surface area contributed by atoms with E-state index in [9.17, 15) is 4.39 Å². The van der Waals surface area contributed by atoms with E-state index < -0.39 is 0 Å². The van der Waals surface area contributed by atoms with E-state index in [4.69, 9.17) is 9.47 Å². The van der Waals surface area contributed by atoms with Crippen molar-refractivity contribution in [3.05, 3.63) is 95.3 Å². The second kappa shape index (κ2) is 11.0. The van der Waals surface area contributed by atoms with Crippen molar-refractivity contribution < 1.29 is 13.9 Å². The van der Waals surface area contributed by atoms with Gasteiger partial charge in [0.2, 0.25) is 0 Å². The molecule has 1 saturated heterocycles. The van der Waals surface area contributed by atoms with Gasteiger partial charge in [0, 0.05) is 25.2 Å². The molecule has 0 radical (unpaired) electrons. The van der Waals surface area contributed by atoms with Crippen LogP contribution in [0.5, 0.6) is 11.5 Å². The minimum atomic E-state index is -0.207. The van der Waals surface area contributed by atoms with Gasteiger partial charge in [0.15, 0.2) is 11.5 Å². The van der Waals surface area contributed by atoms with Crippen molar-refractivity contribution in [1.29, 1.82) is 0 Å². The van der Waals surface area contributed by atoms with Gasteiger partial charge < -0.3 is 14.8 Å². The lowest BCUT2D eigenvalue weighted by Crippen LogP contribution is -2.60. The number of nitrogens with zero attached hydrogens (tertiary/aromatic N) is 1. The topological polar surface area (TPSA) is 33.7 Å². The molecule has 1 fully saturated rings. The second-order valence-corrected chi connectivity index (χ2v) is 9.15. The van der Waals surface area contributed by atoms with Crippen molar-refractivity contribution in [3.8, 4) is 11.5 Å². The maximum absolute atomic E-state index is 13.7. The van der Waals surface area contributed by atoms with Gasteiger partial charge >= 0.3 is 0 Å². The van der Waals surface area contributed by atoms with E-state index in [-0.39, 0.29) is 17.4 Å². The summed E-state index contributed by atoms with van der Waals surface area (Å²) in [5, 5.41) is 3.76. The molecule has 5 heteroatoms. The highest BCUT2D eigenvalue weighted by atomic mass is 19.1. The first-order chi connectivity index (χ1) is 16.5. The highest BCUT2D eigenvalue weighted by Crippen LogP contribution is 2.34. The van der Waals surface area contributed by atoms with Crippen LogP contribution in [0.2, 0.25) is 0 Å². The largest absolute Gasteiger partial charge is 0.490 e. The van der Waals surface area contributed by atoms with Gasteiger partial charge in [-0.1, -0.05) is 48.5 Å². The van der Waals surface area contributed by atoms with E-state index in [1.807, 2.05) is 38.1 Å². The van der Waals surface area contributed by atoms with E-state index in [1.165, 1.54) is 11.1 Å². The molecule has 180 valence electrons. The Balaban J connectivity index is 1.59. The van der Waals surface area contributed by atoms with Crippen LogP contribution in [0.15, 0.2) is 72.8 Å². The van der Waals surface area contributed by atoms with Gasteiger partial charge in [-0.15, -0.1) is 0 Å². The fraction of sp³-hybridized carbons (Fsp3) is 0.379. The Hall–Kier alpha value is -2.89. The van der Waals surface area contributed by atoms with E-state index in [1.54, 1.807) is 12.1 Å². The van der Waals surface area contributed by atoms with Crippen LogP contribution in [0.3, 0.4) is 0 Å². The van der Waals surface area contributed by atoms with Crippen molar-refractivity contribution in [2.75, 3.05) is 32.8 Å². The number of hydrogen-bond donors (Lipinski definition) is 1. The Labute approximate surface area is 202 Å². The number of piperazine rings is 1. The Morgan fingerprint density at radius 1 is 0.912 bits per heavy atom. The van der Waals surface area contributed by atoms with E-state index >= 15 is 0 Å². The van der Waals surface area contributed by atoms with Crippen molar-refractivity contribution in [2.24, 2.45) is 0 Å². The molecule has 0 saturated carbocycles. The van der Waals surface area contributed by atoms with Crippen molar-refractivity contribution in [3.63, 3.8) is 0 Å². The van der Waals surface area contributed by atoms with E-state index in [0.717, 1.165) is 43.1 Å². The molecule has 1 N–H and O–H groups in total. The molecule has 2 unspecified atom stereocenters. The van der Waals surface area contributed by atoms with Crippen LogP contribution in [0, 0.1) is 5.82 Å². The SMILES string of the molecule is CCOc1ccc(CC2(C)CN(C(c3ccccc3)c3ccc(F)cc3)CCN2)cc1OCC. The maximum atomic E-state index is 13.7. The standard InChI is InChI=1S/C29H35FN2O2/c1-4-33-26-16-11-22(19-27(26)34-5-2)20-29(3)21-32(18-17-31-29)28(23-9-7-6-8-10-23)24-12-14-25(30)15-13-24/h6-16,19,28,31H,4-5,17-18,20-21H2,1-3H3. The van der Waals surface area contributed by atoms with Gasteiger partial charge in [-0.3, -0.25) is 4.90 Å². The summed E-state index contributed by atoms with van der Waals surface area (Å²) >= 11 is 0. The lowest BCUT2D eigenvalue weighted by Gasteiger charge is -2.45. The summed E-state index contributed by atoms with van der Waals surface area (Å²) in [6, 6.07) is 23.8. The summed E-state index contributed by atoms with van der Waals surface area (Å²) in [5.41, 5.74) is 3.42. The summed E-state index contributed by atoms with van der Waals surface area (Å²) in [4.78, 5) is 2.51. The van der Waals surface area contributed by atoms with E-state index in [2.05, 4.69) is 53.5 Å². The summed E-state index contributed by atoms with van der Waals surface area (Å²) < 4.78 is 25.3. The van der Waals surface area contributed by atoms with E-state index in [0.29, 0.717) is 13.2 Å². The zero-order chi connectivity index (χ0) is 24.0. The zero-order valence-corrected chi connectivity index (χ0v) is 20.4. The number of nitrogens with one attached hydrogen (secondary N) is 1. The molecule has 3 aromatic rings. The van der Waals surface area contributed by atoms with Crippen LogP contribution in [0.1, 0.15) is 43.5 Å². The van der Waals surface area contributed by atoms with Crippen molar-refractivity contribution >= 4 is 0 Å². The third kappa shape index (κ3) is 5.78. The zero-order valence-electron chi connectivity index (χ0n) is 20.4. The summed E-state index contributed by atoms with van der Waals surface area (Å²) in [6.45, 7) is 10.1. The normalized spacial score (nSPS) is 19.5. The smallest absolute Gasteiger partial charge is 0.161 e. The molecule has 3 aromatic carbocycles. The number of rotatable bonds is 9. The molecular formula is C29H35FN2O2. The lowest BCUT2D eigenvalue weighted by molar-refractivity contribution is 0.115. The van der Waals surface area contributed by atoms with Gasteiger partial charge in [-0.05, 0) is 68.1 Å². The van der Waals surface area contributed by atoms with Gasteiger partial charge in [-0.25, -0.2) is 4.39 Å². The molecule has 0 spiro atoms. The van der Waals surface area contributed by atoms with Crippen LogP contribution in [-0.4, -0.2) is 43.3 Å². The molecule has 0 aliphatic carbocycles. The highest BCUT2D eigenvalue weighted by Gasteiger charge is 2.35. The average molecular weight is 463 g/mol. The Morgan fingerprint density at radius 3 is 2.29 bits per heavy atom. The van der Waals surface area contributed by atoms with Crippen molar-refractivity contribution in [2.45, 2.75) is 38.8 Å². The average Bonchev–Trinajstić information content (AvgIpc) is 2.83. The van der Waals surface area contributed by atoms with Crippen LogP contribution >= 0.6 is 0 Å². The first-order valence-corrected chi connectivity index (χ1v) is 12.2. The predicted molar refractivity (Wildman–Crippen MR) is 135 cm³/mol. The molecule has 2 atom stereocenters. The number of hydrogen-bond acceptors (Lipinski definition) is 4. The minimum absolute atomic E-state index is 0.0718. The molecule has 1 aliphatic heterocycles. The quantitative estimate of drug-likeness (QED) is 0.448. The molecule has 1 aliphatic rings. The van der Waals surface area contributed by atoms with Crippen LogP contribution in [0.4, 0.5) is 4.39 Å². The van der Waals surface area contributed by atoms with Crippen LogP contribution in [-0.2, 0) is 6.42 Å². The Kier molecular flexibility index (Phi) is 7.86. The maximum Gasteiger partial charge on any atom is 0.161 e. The van der Waals surface area contributed by atoms with Gasteiger partial charge in [0.05, 0.1) is 19.3 Å². The third-order valence-corrected chi connectivity index (χ3v) is 6.37. The monoisotopic (exact) mass is 462 g/mol. The third-order valence-electron chi connectivity index (χ3n) is 6.37. The van der Waals surface area contributed by atoms with Crippen LogP contribution < -0.4 is 14.8 Å². The first-order valence-electron chi connectivity index (χ1n) is 12.2. The van der Waals surface area contributed by atoms with Crippen LogP contribution in [0.25, 0.3) is 0 Å². The molecule has 0 amide bonds. The number of benzene rings is 3. The Morgan fingerprint density at radius 2 is 1.59 bits per heavy atom. The molecule has 0 aromatic heterocycles. The fourth-order valence-electron chi connectivity index (χ4n) is 4.97. The molecule has 4 rings (SSSR count). The number of halogens is 1. The molecule has 0 bridgehead atoms. The first kappa shape index (κ1) is 24.2. The number of ether oxygens (including phenoxy) is 2. The summed E-state index contributed by atoms with van der Waals surface area (Å²) in [5.74, 6) is 1.38. The summed E-state index contributed by atoms with van der Waals surface area (Å²) in [7, 11) is 0. The summed E-state index contributed by atoms with van der Waals surface area (Å²) in [6.07, 6.45) is 0.862. The predicted octanol–water partition coefficient (Wildman–Crippen LogP) is 5.62. The molecule has 4 nitrogen and oxygen atoms in total. The van der Waals surface area contributed by atoms with Gasteiger partial charge in [0.1, 0.15) is 5.82 Å². The molecular weight excluding hydrogens is 427 g/mol. The van der Waals surface area contributed by atoms with Crippen molar-refractivity contribution in [1.82, 2.24) is 10.2 Å². The van der Waals surface area contributed by atoms with Gasteiger partial charge in [0.25, 0.3) is 0 Å². The lowest BCUT2D eigenvalue weighted by atomic mass is 9.87. The fourth-order valence-corrected chi connectivity index (χ4v) is 4.97. The van der Waals surface area contributed by atoms with Gasteiger partial charge in [-0.2, -0.15) is 0 Å². The highest BCUT2D eigenvalue weighted by molar-refractivity contribution is 5.43. The molecule has 34 heavy (non-hydrogen) atoms. The Bertz CT molecular complexity index is 1060. The minimum Gasteiger partial charge on any atom is -0.490 e. The molecule has 1 heterocycles.